The molecular formula is C24H44N+. The lowest BCUT2D eigenvalue weighted by atomic mass is 9.91. The molecule has 0 N–H and O–H groups in total. The monoisotopic (exact) mass is 346 g/mol. The second kappa shape index (κ2) is 11.7. The van der Waals surface area contributed by atoms with Crippen molar-refractivity contribution in [2.24, 2.45) is 0 Å². The summed E-state index contributed by atoms with van der Waals surface area (Å²) in [6, 6.07) is 10.9. The SMILES string of the molecule is CCCCCCCCCCCCC(C)(C)[N+](C)(C)Cc1ccccc1. The van der Waals surface area contributed by atoms with Crippen LogP contribution in [0.2, 0.25) is 0 Å². The molecule has 0 aliphatic rings. The molecule has 0 unspecified atom stereocenters. The van der Waals surface area contributed by atoms with Crippen molar-refractivity contribution in [1.29, 1.82) is 0 Å². The van der Waals surface area contributed by atoms with E-state index < -0.39 is 0 Å². The quantitative estimate of drug-likeness (QED) is 0.244. The van der Waals surface area contributed by atoms with Crippen LogP contribution in [-0.2, 0) is 6.54 Å². The zero-order chi connectivity index (χ0) is 18.6. The van der Waals surface area contributed by atoms with E-state index in [0.29, 0.717) is 5.54 Å². The smallest absolute Gasteiger partial charge is 0.104 e. The molecule has 0 saturated carbocycles. The van der Waals surface area contributed by atoms with Crippen LogP contribution in [0.15, 0.2) is 30.3 Å². The highest BCUT2D eigenvalue weighted by Crippen LogP contribution is 2.29. The topological polar surface area (TPSA) is 0 Å². The number of hydrogen-bond acceptors (Lipinski definition) is 0. The van der Waals surface area contributed by atoms with Crippen molar-refractivity contribution in [3.63, 3.8) is 0 Å². The molecular weight excluding hydrogens is 302 g/mol. The summed E-state index contributed by atoms with van der Waals surface area (Å²) in [5.74, 6) is 0. The number of hydrogen-bond donors (Lipinski definition) is 0. The maximum absolute atomic E-state index is 2.45. The highest BCUT2D eigenvalue weighted by molar-refractivity contribution is 5.13. The Balaban J connectivity index is 2.19. The molecule has 0 aliphatic carbocycles. The van der Waals surface area contributed by atoms with Crippen molar-refractivity contribution in [3.05, 3.63) is 35.9 Å². The van der Waals surface area contributed by atoms with E-state index in [1.54, 1.807) is 0 Å². The zero-order valence-corrected chi connectivity index (χ0v) is 17.8. The van der Waals surface area contributed by atoms with Gasteiger partial charge in [-0.25, -0.2) is 0 Å². The molecule has 0 amide bonds. The molecule has 0 heterocycles. The predicted molar refractivity (Wildman–Crippen MR) is 113 cm³/mol. The van der Waals surface area contributed by atoms with Crippen LogP contribution in [-0.4, -0.2) is 24.1 Å². The zero-order valence-electron chi connectivity index (χ0n) is 17.8. The van der Waals surface area contributed by atoms with Crippen LogP contribution in [0.4, 0.5) is 0 Å². The van der Waals surface area contributed by atoms with Gasteiger partial charge in [0, 0.05) is 12.0 Å². The first-order valence-electron chi connectivity index (χ1n) is 10.8. The van der Waals surface area contributed by atoms with Crippen LogP contribution in [0.1, 0.15) is 97.0 Å². The predicted octanol–water partition coefficient (Wildman–Crippen LogP) is 7.35. The van der Waals surface area contributed by atoms with Crippen LogP contribution in [0.25, 0.3) is 0 Å². The van der Waals surface area contributed by atoms with E-state index >= 15 is 0 Å². The van der Waals surface area contributed by atoms with Gasteiger partial charge in [-0.3, -0.25) is 0 Å². The van der Waals surface area contributed by atoms with Gasteiger partial charge < -0.3 is 4.48 Å². The molecule has 0 fully saturated rings. The summed E-state index contributed by atoms with van der Waals surface area (Å²) in [6.07, 6.45) is 15.5. The molecule has 0 bridgehead atoms. The Hall–Kier alpha value is -0.820. The van der Waals surface area contributed by atoms with E-state index in [2.05, 4.69) is 65.2 Å². The van der Waals surface area contributed by atoms with Crippen molar-refractivity contribution < 1.29 is 4.48 Å². The third kappa shape index (κ3) is 8.90. The number of rotatable bonds is 14. The Bertz CT molecular complexity index is 433. The van der Waals surface area contributed by atoms with Crippen molar-refractivity contribution in [2.75, 3.05) is 14.1 Å². The molecule has 0 spiro atoms. The third-order valence-corrected chi connectivity index (χ3v) is 6.20. The Morgan fingerprint density at radius 2 is 1.20 bits per heavy atom. The number of nitrogens with zero attached hydrogens (tertiary/aromatic N) is 1. The van der Waals surface area contributed by atoms with Gasteiger partial charge >= 0.3 is 0 Å². The maximum atomic E-state index is 2.45. The minimum atomic E-state index is 0.329. The lowest BCUT2D eigenvalue weighted by molar-refractivity contribution is -0.950. The molecule has 144 valence electrons. The molecule has 0 radical (unpaired) electrons. The van der Waals surface area contributed by atoms with E-state index in [0.717, 1.165) is 11.0 Å². The van der Waals surface area contributed by atoms with E-state index in [1.165, 1.54) is 76.2 Å². The Morgan fingerprint density at radius 3 is 1.72 bits per heavy atom. The first-order chi connectivity index (χ1) is 11.9. The molecule has 25 heavy (non-hydrogen) atoms. The van der Waals surface area contributed by atoms with E-state index in [4.69, 9.17) is 0 Å². The largest absolute Gasteiger partial charge is 0.320 e. The van der Waals surface area contributed by atoms with E-state index in [-0.39, 0.29) is 0 Å². The highest BCUT2D eigenvalue weighted by Gasteiger charge is 2.35. The van der Waals surface area contributed by atoms with Gasteiger partial charge in [0.15, 0.2) is 0 Å². The van der Waals surface area contributed by atoms with Gasteiger partial charge in [0.1, 0.15) is 6.54 Å². The minimum Gasteiger partial charge on any atom is -0.320 e. The summed E-state index contributed by atoms with van der Waals surface area (Å²) in [5, 5.41) is 0. The summed E-state index contributed by atoms with van der Waals surface area (Å²) < 4.78 is 1.06. The fourth-order valence-corrected chi connectivity index (χ4v) is 3.60. The van der Waals surface area contributed by atoms with Crippen molar-refractivity contribution in [2.45, 2.75) is 103 Å². The van der Waals surface area contributed by atoms with Gasteiger partial charge in [0.2, 0.25) is 0 Å². The summed E-state index contributed by atoms with van der Waals surface area (Å²) in [5.41, 5.74) is 1.78. The Morgan fingerprint density at radius 1 is 0.720 bits per heavy atom. The summed E-state index contributed by atoms with van der Waals surface area (Å²) in [7, 11) is 4.78. The second-order valence-electron chi connectivity index (χ2n) is 9.07. The van der Waals surface area contributed by atoms with E-state index in [9.17, 15) is 0 Å². The summed E-state index contributed by atoms with van der Waals surface area (Å²) in [6.45, 7) is 8.31. The van der Waals surface area contributed by atoms with Gasteiger partial charge in [0.25, 0.3) is 0 Å². The standard InChI is InChI=1S/C24H44N/c1-6-7-8-9-10-11-12-13-14-18-21-24(2,3)25(4,5)22-23-19-16-15-17-20-23/h15-17,19-20H,6-14,18,21-22H2,1-5H3/q+1. The Labute approximate surface area is 158 Å². The number of quaternary nitrogens is 1. The van der Waals surface area contributed by atoms with Crippen LogP contribution in [0, 0.1) is 0 Å². The van der Waals surface area contributed by atoms with Crippen LogP contribution < -0.4 is 0 Å². The fraction of sp³-hybridized carbons (Fsp3) is 0.750. The highest BCUT2D eigenvalue weighted by atomic mass is 15.4. The van der Waals surface area contributed by atoms with Gasteiger partial charge in [-0.05, 0) is 20.3 Å². The molecule has 0 atom stereocenters. The van der Waals surface area contributed by atoms with Crippen LogP contribution in [0.3, 0.4) is 0 Å². The van der Waals surface area contributed by atoms with Crippen molar-refractivity contribution in [1.82, 2.24) is 0 Å². The average molecular weight is 347 g/mol. The van der Waals surface area contributed by atoms with Gasteiger partial charge in [-0.1, -0.05) is 95.0 Å². The summed E-state index contributed by atoms with van der Waals surface area (Å²) >= 11 is 0. The number of benzene rings is 1. The Kier molecular flexibility index (Phi) is 10.4. The van der Waals surface area contributed by atoms with Gasteiger partial charge in [0.05, 0.1) is 19.6 Å². The number of unbranched alkanes of at least 4 members (excludes halogenated alkanes) is 9. The van der Waals surface area contributed by atoms with Crippen LogP contribution in [0.5, 0.6) is 0 Å². The van der Waals surface area contributed by atoms with Crippen molar-refractivity contribution in [3.8, 4) is 0 Å². The normalized spacial score (nSPS) is 12.5. The second-order valence-corrected chi connectivity index (χ2v) is 9.07. The molecule has 1 nitrogen and oxygen atoms in total. The first-order valence-corrected chi connectivity index (χ1v) is 10.8. The van der Waals surface area contributed by atoms with Gasteiger partial charge in [-0.15, -0.1) is 0 Å². The van der Waals surface area contributed by atoms with Gasteiger partial charge in [-0.2, -0.15) is 0 Å². The average Bonchev–Trinajstić information content (AvgIpc) is 2.57. The lowest BCUT2D eigenvalue weighted by Gasteiger charge is -2.45. The molecule has 1 aromatic rings. The molecule has 0 aromatic heterocycles. The molecule has 1 rings (SSSR count). The molecule has 0 saturated heterocycles. The minimum absolute atomic E-state index is 0.329. The molecule has 0 aliphatic heterocycles. The lowest BCUT2D eigenvalue weighted by Crippen LogP contribution is -2.55. The first kappa shape index (κ1) is 22.2. The van der Waals surface area contributed by atoms with Crippen molar-refractivity contribution >= 4 is 0 Å². The molecule has 1 aromatic carbocycles. The summed E-state index contributed by atoms with van der Waals surface area (Å²) in [4.78, 5) is 0. The fourth-order valence-electron chi connectivity index (χ4n) is 3.60. The molecule has 1 heteroatoms. The van der Waals surface area contributed by atoms with E-state index in [1.807, 2.05) is 0 Å². The maximum Gasteiger partial charge on any atom is 0.104 e. The third-order valence-electron chi connectivity index (χ3n) is 6.20. The van der Waals surface area contributed by atoms with Crippen LogP contribution >= 0.6 is 0 Å².